The number of benzene rings is 1. The number of carbonyl (C=O) groups is 2. The molecule has 2 rings (SSSR count). The molecular weight excluding hydrogens is 238 g/mol. The second-order valence-electron chi connectivity index (χ2n) is 3.74. The van der Waals surface area contributed by atoms with Crippen molar-refractivity contribution >= 4 is 22.8 Å². The number of nitrogens with zero attached hydrogens (tertiary/aromatic N) is 1. The van der Waals surface area contributed by atoms with Crippen molar-refractivity contribution in [2.75, 3.05) is 6.54 Å². The lowest BCUT2D eigenvalue weighted by Crippen LogP contribution is -2.36. The second kappa shape index (κ2) is 4.84. The van der Waals surface area contributed by atoms with Crippen LogP contribution in [0.2, 0.25) is 0 Å². The van der Waals surface area contributed by atoms with Crippen LogP contribution in [0.3, 0.4) is 0 Å². The van der Waals surface area contributed by atoms with Crippen molar-refractivity contribution in [3.8, 4) is 0 Å². The number of hydrogen-bond acceptors (Lipinski definition) is 4. The fraction of sp³-hybridized carbons (Fsp3) is 0.182. The summed E-state index contributed by atoms with van der Waals surface area (Å²) >= 11 is 0. The number of aliphatic carboxylic acids is 1. The molecule has 7 nitrogen and oxygen atoms in total. The molecule has 0 radical (unpaired) electrons. The third-order valence-corrected chi connectivity index (χ3v) is 2.44. The van der Waals surface area contributed by atoms with Gasteiger partial charge in [-0.05, 0) is 18.2 Å². The number of aliphatic hydroxyl groups excluding tert-OH is 1. The Morgan fingerprint density at radius 1 is 1.44 bits per heavy atom. The number of nitrogens with one attached hydrogen (secondary N) is 2. The van der Waals surface area contributed by atoms with Crippen molar-refractivity contribution in [1.29, 1.82) is 0 Å². The molecule has 0 aliphatic heterocycles. The molecule has 94 valence electrons. The van der Waals surface area contributed by atoms with E-state index in [4.69, 9.17) is 10.2 Å². The molecule has 2 aromatic rings. The Bertz CT molecular complexity index is 593. The minimum atomic E-state index is -1.60. The molecule has 0 bridgehead atoms. The van der Waals surface area contributed by atoms with E-state index in [0.29, 0.717) is 5.56 Å². The van der Waals surface area contributed by atoms with Crippen LogP contribution in [0.4, 0.5) is 0 Å². The van der Waals surface area contributed by atoms with Crippen LogP contribution in [0.15, 0.2) is 24.4 Å². The van der Waals surface area contributed by atoms with Gasteiger partial charge >= 0.3 is 5.97 Å². The summed E-state index contributed by atoms with van der Waals surface area (Å²) in [4.78, 5) is 22.1. The minimum Gasteiger partial charge on any atom is -0.479 e. The van der Waals surface area contributed by atoms with Crippen molar-refractivity contribution in [3.05, 3.63) is 30.0 Å². The highest BCUT2D eigenvalue weighted by molar-refractivity contribution is 5.98. The first kappa shape index (κ1) is 12.1. The van der Waals surface area contributed by atoms with Crippen LogP contribution in [0.25, 0.3) is 10.9 Å². The van der Waals surface area contributed by atoms with Gasteiger partial charge in [-0.1, -0.05) is 0 Å². The normalized spacial score (nSPS) is 12.3. The van der Waals surface area contributed by atoms with E-state index in [1.54, 1.807) is 24.4 Å². The first-order chi connectivity index (χ1) is 8.58. The summed E-state index contributed by atoms with van der Waals surface area (Å²) in [6, 6.07) is 4.91. The Hall–Kier alpha value is -2.41. The third kappa shape index (κ3) is 2.46. The molecule has 1 heterocycles. The SMILES string of the molecule is O=C(NCC(O)C(=O)O)c1ccc2[nH]ncc2c1. The highest BCUT2D eigenvalue weighted by atomic mass is 16.4. The number of carboxylic acid groups (broad SMARTS) is 1. The maximum Gasteiger partial charge on any atom is 0.334 e. The Balaban J connectivity index is 2.06. The average Bonchev–Trinajstić information content (AvgIpc) is 2.82. The van der Waals surface area contributed by atoms with Crippen molar-refractivity contribution in [3.63, 3.8) is 0 Å². The first-order valence-corrected chi connectivity index (χ1v) is 5.20. The van der Waals surface area contributed by atoms with Gasteiger partial charge in [0.2, 0.25) is 0 Å². The summed E-state index contributed by atoms with van der Waals surface area (Å²) < 4.78 is 0. The second-order valence-corrected chi connectivity index (χ2v) is 3.74. The predicted molar refractivity (Wildman–Crippen MR) is 62.1 cm³/mol. The van der Waals surface area contributed by atoms with Crippen molar-refractivity contribution in [1.82, 2.24) is 15.5 Å². The molecule has 4 N–H and O–H groups in total. The number of carboxylic acids is 1. The number of hydrogen-bond donors (Lipinski definition) is 4. The highest BCUT2D eigenvalue weighted by Gasteiger charge is 2.15. The van der Waals surface area contributed by atoms with Gasteiger partial charge < -0.3 is 15.5 Å². The van der Waals surface area contributed by atoms with E-state index in [1.165, 1.54) is 0 Å². The average molecular weight is 249 g/mol. The number of amides is 1. The van der Waals surface area contributed by atoms with E-state index in [-0.39, 0.29) is 6.54 Å². The molecule has 0 aliphatic rings. The fourth-order valence-corrected chi connectivity index (χ4v) is 1.46. The first-order valence-electron chi connectivity index (χ1n) is 5.20. The van der Waals surface area contributed by atoms with Crippen molar-refractivity contribution in [2.24, 2.45) is 0 Å². The molecule has 0 saturated carbocycles. The number of aromatic nitrogens is 2. The smallest absolute Gasteiger partial charge is 0.334 e. The summed E-state index contributed by atoms with van der Waals surface area (Å²) in [5.41, 5.74) is 1.18. The number of aliphatic hydroxyl groups is 1. The molecule has 0 saturated heterocycles. The molecule has 18 heavy (non-hydrogen) atoms. The molecule has 1 aromatic heterocycles. The van der Waals surface area contributed by atoms with E-state index in [9.17, 15) is 9.59 Å². The van der Waals surface area contributed by atoms with Crippen LogP contribution in [-0.2, 0) is 4.79 Å². The minimum absolute atomic E-state index is 0.336. The molecule has 1 aromatic carbocycles. The van der Waals surface area contributed by atoms with E-state index in [1.807, 2.05) is 0 Å². The standard InChI is InChI=1S/C11H11N3O4/c15-9(11(17)18)5-12-10(16)6-1-2-8-7(3-6)4-13-14-8/h1-4,9,15H,5H2,(H,12,16)(H,13,14)(H,17,18). The number of aromatic amines is 1. The molecule has 1 amide bonds. The van der Waals surface area contributed by atoms with E-state index in [2.05, 4.69) is 15.5 Å². The molecule has 7 heteroatoms. The number of fused-ring (bicyclic) bond motifs is 1. The summed E-state index contributed by atoms with van der Waals surface area (Å²) in [7, 11) is 0. The van der Waals surface area contributed by atoms with Crippen LogP contribution in [0.5, 0.6) is 0 Å². The van der Waals surface area contributed by atoms with Crippen LogP contribution in [0, 0.1) is 0 Å². The summed E-state index contributed by atoms with van der Waals surface area (Å²) in [5, 5.41) is 27.2. The molecule has 1 atom stereocenters. The monoisotopic (exact) mass is 249 g/mol. The lowest BCUT2D eigenvalue weighted by atomic mass is 10.1. The topological polar surface area (TPSA) is 115 Å². The number of carbonyl (C=O) groups excluding carboxylic acids is 1. The van der Waals surface area contributed by atoms with E-state index < -0.39 is 18.0 Å². The number of rotatable bonds is 4. The van der Waals surface area contributed by atoms with Gasteiger partial charge in [0.05, 0.1) is 18.3 Å². The lowest BCUT2D eigenvalue weighted by molar-refractivity contribution is -0.146. The highest BCUT2D eigenvalue weighted by Crippen LogP contribution is 2.12. The molecule has 0 spiro atoms. The molecular formula is C11H11N3O4. The molecule has 0 fully saturated rings. The lowest BCUT2D eigenvalue weighted by Gasteiger charge is -2.07. The van der Waals surface area contributed by atoms with E-state index >= 15 is 0 Å². The molecule has 1 unspecified atom stereocenters. The summed E-state index contributed by atoms with van der Waals surface area (Å²) in [6.45, 7) is -0.336. The van der Waals surface area contributed by atoms with Gasteiger partial charge in [-0.15, -0.1) is 0 Å². The van der Waals surface area contributed by atoms with Crippen LogP contribution >= 0.6 is 0 Å². The van der Waals surface area contributed by atoms with Crippen LogP contribution in [0.1, 0.15) is 10.4 Å². The van der Waals surface area contributed by atoms with Gasteiger partial charge in [0.1, 0.15) is 0 Å². The number of H-pyrrole nitrogens is 1. The maximum atomic E-state index is 11.7. The van der Waals surface area contributed by atoms with E-state index in [0.717, 1.165) is 10.9 Å². The van der Waals surface area contributed by atoms with Gasteiger partial charge in [-0.25, -0.2) is 4.79 Å². The predicted octanol–water partition coefficient (Wildman–Crippen LogP) is -0.262. The van der Waals surface area contributed by atoms with Crippen LogP contribution < -0.4 is 5.32 Å². The zero-order chi connectivity index (χ0) is 13.1. The summed E-state index contributed by atoms with van der Waals surface area (Å²) in [5.74, 6) is -1.82. The fourth-order valence-electron chi connectivity index (χ4n) is 1.46. The Morgan fingerprint density at radius 2 is 2.22 bits per heavy atom. The third-order valence-electron chi connectivity index (χ3n) is 2.44. The Morgan fingerprint density at radius 3 is 2.94 bits per heavy atom. The van der Waals surface area contributed by atoms with Gasteiger partial charge in [0, 0.05) is 10.9 Å². The van der Waals surface area contributed by atoms with Crippen molar-refractivity contribution < 1.29 is 19.8 Å². The quantitative estimate of drug-likeness (QED) is 0.595. The Kier molecular flexibility index (Phi) is 3.24. The summed E-state index contributed by atoms with van der Waals surface area (Å²) in [6.07, 6.45) is -0.0234. The van der Waals surface area contributed by atoms with Crippen LogP contribution in [-0.4, -0.2) is 44.9 Å². The van der Waals surface area contributed by atoms with Gasteiger partial charge in [-0.2, -0.15) is 5.10 Å². The molecule has 0 aliphatic carbocycles. The van der Waals surface area contributed by atoms with Crippen molar-refractivity contribution in [2.45, 2.75) is 6.10 Å². The van der Waals surface area contributed by atoms with Gasteiger partial charge in [0.15, 0.2) is 6.10 Å². The largest absolute Gasteiger partial charge is 0.479 e. The van der Waals surface area contributed by atoms with Gasteiger partial charge in [-0.3, -0.25) is 9.89 Å². The zero-order valence-electron chi connectivity index (χ0n) is 9.25. The van der Waals surface area contributed by atoms with Gasteiger partial charge in [0.25, 0.3) is 5.91 Å². The maximum absolute atomic E-state index is 11.7. The zero-order valence-corrected chi connectivity index (χ0v) is 9.25. The Labute approximate surface area is 101 Å².